The Morgan fingerprint density at radius 3 is 2.92 bits per heavy atom. The van der Waals surface area contributed by atoms with Crippen LogP contribution in [0.1, 0.15) is 11.3 Å². The molecule has 0 radical (unpaired) electrons. The van der Waals surface area contributed by atoms with E-state index in [0.29, 0.717) is 25.1 Å². The summed E-state index contributed by atoms with van der Waals surface area (Å²) in [5, 5.41) is 13.5. The number of aromatic amines is 1. The van der Waals surface area contributed by atoms with Gasteiger partial charge >= 0.3 is 0 Å². The molecule has 0 atom stereocenters. The number of nitro groups is 1. The zero-order chi connectivity index (χ0) is 17.1. The summed E-state index contributed by atoms with van der Waals surface area (Å²) in [6.45, 7) is 1.09. The second kappa shape index (κ2) is 6.63. The largest absolute Gasteiger partial charge is 0.364 e. The highest BCUT2D eigenvalue weighted by molar-refractivity contribution is 5.94. The Kier molecular flexibility index (Phi) is 4.39. The number of pyridine rings is 1. The second-order valence-electron chi connectivity index (χ2n) is 5.58. The van der Waals surface area contributed by atoms with Gasteiger partial charge in [0.05, 0.1) is 11.5 Å². The molecule has 0 spiro atoms. The lowest BCUT2D eigenvalue weighted by molar-refractivity contribution is -0.383. The van der Waals surface area contributed by atoms with Gasteiger partial charge < -0.3 is 10.3 Å². The summed E-state index contributed by atoms with van der Waals surface area (Å²) in [7, 11) is 0. The molecule has 2 heterocycles. The standard InChI is InChI=1S/C16H16N4O4/c21-15-5-7-17-12-6-8-19(9-11(12)15)10-16(22)18-13-3-1-2-4-14(13)20(23)24/h1-5,7H,6,8-10H2,(H,17,21)(H,18,22). The fourth-order valence-electron chi connectivity index (χ4n) is 2.79. The van der Waals surface area contributed by atoms with Gasteiger partial charge in [0.1, 0.15) is 5.69 Å². The van der Waals surface area contributed by atoms with Gasteiger partial charge in [-0.05, 0) is 6.07 Å². The van der Waals surface area contributed by atoms with Gasteiger partial charge in [-0.2, -0.15) is 0 Å². The molecule has 0 saturated carbocycles. The maximum absolute atomic E-state index is 12.2. The molecule has 24 heavy (non-hydrogen) atoms. The van der Waals surface area contributed by atoms with Crippen LogP contribution in [0.25, 0.3) is 0 Å². The number of nitrogens with zero attached hydrogens (tertiary/aromatic N) is 2. The topological polar surface area (TPSA) is 108 Å². The molecule has 1 amide bonds. The molecule has 0 unspecified atom stereocenters. The highest BCUT2D eigenvalue weighted by Gasteiger charge is 2.22. The van der Waals surface area contributed by atoms with Crippen molar-refractivity contribution in [3.8, 4) is 0 Å². The molecule has 3 rings (SSSR count). The summed E-state index contributed by atoms with van der Waals surface area (Å²) < 4.78 is 0. The van der Waals surface area contributed by atoms with Crippen LogP contribution in [-0.2, 0) is 17.8 Å². The first kappa shape index (κ1) is 15.9. The van der Waals surface area contributed by atoms with Crippen LogP contribution in [0.3, 0.4) is 0 Å². The number of H-pyrrole nitrogens is 1. The van der Waals surface area contributed by atoms with Crippen molar-refractivity contribution < 1.29 is 9.72 Å². The number of hydrogen-bond donors (Lipinski definition) is 2. The molecule has 0 bridgehead atoms. The Morgan fingerprint density at radius 1 is 1.33 bits per heavy atom. The van der Waals surface area contributed by atoms with E-state index in [1.165, 1.54) is 18.2 Å². The fraction of sp³-hybridized carbons (Fsp3) is 0.250. The van der Waals surface area contributed by atoms with Gasteiger partial charge in [0.15, 0.2) is 5.43 Å². The molecule has 1 aliphatic rings. The normalized spacial score (nSPS) is 14.0. The van der Waals surface area contributed by atoms with Gasteiger partial charge in [-0.25, -0.2) is 0 Å². The number of anilines is 1. The zero-order valence-electron chi connectivity index (χ0n) is 12.8. The molecular weight excluding hydrogens is 312 g/mol. The molecule has 1 aromatic carbocycles. The average molecular weight is 328 g/mol. The zero-order valence-corrected chi connectivity index (χ0v) is 12.8. The lowest BCUT2D eigenvalue weighted by atomic mass is 10.1. The van der Waals surface area contributed by atoms with Gasteiger partial charge in [0.2, 0.25) is 5.91 Å². The van der Waals surface area contributed by atoms with Crippen molar-refractivity contribution in [3.05, 3.63) is 68.1 Å². The summed E-state index contributed by atoms with van der Waals surface area (Å²) in [5.41, 5.74) is 1.54. The Hall–Kier alpha value is -3.00. The number of carbonyl (C=O) groups is 1. The number of nitrogens with one attached hydrogen (secondary N) is 2. The minimum Gasteiger partial charge on any atom is -0.364 e. The van der Waals surface area contributed by atoms with Crippen LogP contribution >= 0.6 is 0 Å². The first-order valence-corrected chi connectivity index (χ1v) is 7.49. The Labute approximate surface area is 137 Å². The molecule has 2 aromatic rings. The quantitative estimate of drug-likeness (QED) is 0.649. The molecule has 124 valence electrons. The van der Waals surface area contributed by atoms with Gasteiger partial charge in [0, 0.05) is 49.1 Å². The second-order valence-corrected chi connectivity index (χ2v) is 5.58. The molecule has 0 fully saturated rings. The van der Waals surface area contributed by atoms with Crippen LogP contribution in [0, 0.1) is 10.1 Å². The van der Waals surface area contributed by atoms with Gasteiger partial charge in [0.25, 0.3) is 5.69 Å². The van der Waals surface area contributed by atoms with Crippen molar-refractivity contribution in [2.45, 2.75) is 13.0 Å². The van der Waals surface area contributed by atoms with E-state index < -0.39 is 4.92 Å². The van der Waals surface area contributed by atoms with E-state index in [1.54, 1.807) is 18.3 Å². The molecule has 0 saturated heterocycles. The van der Waals surface area contributed by atoms with E-state index in [2.05, 4.69) is 10.3 Å². The minimum absolute atomic E-state index is 0.0486. The minimum atomic E-state index is -0.535. The van der Waals surface area contributed by atoms with Crippen LogP contribution < -0.4 is 10.7 Å². The van der Waals surface area contributed by atoms with E-state index in [4.69, 9.17) is 0 Å². The smallest absolute Gasteiger partial charge is 0.292 e. The molecule has 0 aliphatic carbocycles. The maximum Gasteiger partial charge on any atom is 0.292 e. The molecule has 1 aromatic heterocycles. The van der Waals surface area contributed by atoms with E-state index in [9.17, 15) is 19.7 Å². The number of rotatable bonds is 4. The lowest BCUT2D eigenvalue weighted by Crippen LogP contribution is -2.39. The van der Waals surface area contributed by atoms with Crippen molar-refractivity contribution in [2.75, 3.05) is 18.4 Å². The molecule has 8 nitrogen and oxygen atoms in total. The third kappa shape index (κ3) is 3.33. The predicted octanol–water partition coefficient (Wildman–Crippen LogP) is 1.28. The Morgan fingerprint density at radius 2 is 2.12 bits per heavy atom. The van der Waals surface area contributed by atoms with Crippen molar-refractivity contribution in [1.82, 2.24) is 9.88 Å². The van der Waals surface area contributed by atoms with Crippen molar-refractivity contribution >= 4 is 17.3 Å². The van der Waals surface area contributed by atoms with Gasteiger partial charge in [-0.3, -0.25) is 24.6 Å². The third-order valence-corrected chi connectivity index (χ3v) is 3.96. The number of benzene rings is 1. The maximum atomic E-state index is 12.2. The molecule has 2 N–H and O–H groups in total. The van der Waals surface area contributed by atoms with Crippen molar-refractivity contribution in [2.24, 2.45) is 0 Å². The van der Waals surface area contributed by atoms with E-state index in [-0.39, 0.29) is 29.3 Å². The SMILES string of the molecule is O=C(CN1CCc2[nH]ccc(=O)c2C1)Nc1ccccc1[N+](=O)[O-]. The first-order chi connectivity index (χ1) is 11.5. The Bertz CT molecular complexity index is 846. The number of hydrogen-bond acceptors (Lipinski definition) is 5. The number of nitro benzene ring substituents is 1. The van der Waals surface area contributed by atoms with Crippen LogP contribution in [0.5, 0.6) is 0 Å². The van der Waals surface area contributed by atoms with Crippen LogP contribution in [0.2, 0.25) is 0 Å². The number of amides is 1. The summed E-state index contributed by atoms with van der Waals surface area (Å²) in [5.74, 6) is -0.347. The van der Waals surface area contributed by atoms with E-state index in [1.807, 2.05) is 4.90 Å². The molecule has 1 aliphatic heterocycles. The molecule has 8 heteroatoms. The highest BCUT2D eigenvalue weighted by atomic mass is 16.6. The van der Waals surface area contributed by atoms with Crippen LogP contribution in [-0.4, -0.2) is 33.8 Å². The van der Waals surface area contributed by atoms with E-state index >= 15 is 0 Å². The number of fused-ring (bicyclic) bond motifs is 1. The van der Waals surface area contributed by atoms with Crippen LogP contribution in [0.4, 0.5) is 11.4 Å². The number of aromatic nitrogens is 1. The Balaban J connectivity index is 1.68. The number of carbonyl (C=O) groups excluding carboxylic acids is 1. The van der Waals surface area contributed by atoms with Gasteiger partial charge in [-0.15, -0.1) is 0 Å². The lowest BCUT2D eigenvalue weighted by Gasteiger charge is -2.27. The van der Waals surface area contributed by atoms with Crippen molar-refractivity contribution in [3.63, 3.8) is 0 Å². The fourth-order valence-corrected chi connectivity index (χ4v) is 2.79. The predicted molar refractivity (Wildman–Crippen MR) is 87.8 cm³/mol. The van der Waals surface area contributed by atoms with Crippen molar-refractivity contribution in [1.29, 1.82) is 0 Å². The summed E-state index contributed by atoms with van der Waals surface area (Å²) in [4.78, 5) is 39.4. The first-order valence-electron chi connectivity index (χ1n) is 7.49. The third-order valence-electron chi connectivity index (χ3n) is 3.96. The summed E-state index contributed by atoms with van der Waals surface area (Å²) in [6, 6.07) is 7.47. The highest BCUT2D eigenvalue weighted by Crippen LogP contribution is 2.23. The summed E-state index contributed by atoms with van der Waals surface area (Å²) in [6.07, 6.45) is 2.28. The average Bonchev–Trinajstić information content (AvgIpc) is 2.56. The van der Waals surface area contributed by atoms with E-state index in [0.717, 1.165) is 5.69 Å². The van der Waals surface area contributed by atoms with Crippen LogP contribution in [0.15, 0.2) is 41.3 Å². The summed E-state index contributed by atoms with van der Waals surface area (Å²) >= 11 is 0. The molecular formula is C16H16N4O4. The number of para-hydroxylation sites is 2. The van der Waals surface area contributed by atoms with Gasteiger partial charge in [-0.1, -0.05) is 12.1 Å². The monoisotopic (exact) mass is 328 g/mol.